The van der Waals surface area contributed by atoms with Crippen LogP contribution in [0.25, 0.3) is 10.9 Å². The van der Waals surface area contributed by atoms with Gasteiger partial charge in [-0.1, -0.05) is 6.07 Å². The van der Waals surface area contributed by atoms with Crippen LogP contribution in [-0.2, 0) is 11.3 Å². The number of hydrogen-bond donors (Lipinski definition) is 0. The summed E-state index contributed by atoms with van der Waals surface area (Å²) in [4.78, 5) is 34.9. The number of imide groups is 1. The number of benzene rings is 2. The number of rotatable bonds is 5. The van der Waals surface area contributed by atoms with E-state index in [4.69, 9.17) is 0 Å². The molecule has 0 radical (unpaired) electrons. The number of thioether (sulfide) groups is 1. The van der Waals surface area contributed by atoms with Crippen LogP contribution in [0.3, 0.4) is 0 Å². The highest BCUT2D eigenvalue weighted by Gasteiger charge is 2.43. The van der Waals surface area contributed by atoms with Gasteiger partial charge in [-0.25, -0.2) is 9.69 Å². The minimum absolute atomic E-state index is 0.0180. The molecular weight excluding hydrogens is 453 g/mol. The number of carbonyl (C=O) groups excluding carboxylic acids is 2. The fourth-order valence-corrected chi connectivity index (χ4v) is 4.28. The molecule has 4 rings (SSSR count). The number of urea groups is 1. The molecule has 1 saturated heterocycles. The second kappa shape index (κ2) is 8.58. The Bertz CT molecular complexity index is 1210. The second-order valence-electron chi connectivity index (χ2n) is 7.87. The maximum absolute atomic E-state index is 13.1. The van der Waals surface area contributed by atoms with Crippen LogP contribution >= 0.6 is 11.8 Å². The summed E-state index contributed by atoms with van der Waals surface area (Å²) in [6.07, 6.45) is 1.67. The van der Waals surface area contributed by atoms with Crippen LogP contribution in [0.1, 0.15) is 12.5 Å². The lowest BCUT2D eigenvalue weighted by molar-refractivity contribution is -0.119. The van der Waals surface area contributed by atoms with Gasteiger partial charge in [0.15, 0.2) is 0 Å². The Labute approximate surface area is 193 Å². The zero-order valence-electron chi connectivity index (χ0n) is 18.1. The molecule has 0 bridgehead atoms. The number of nitrogens with zero attached hydrogens (tertiary/aromatic N) is 4. The van der Waals surface area contributed by atoms with E-state index in [1.54, 1.807) is 13.1 Å². The molecule has 3 amide bonds. The summed E-state index contributed by atoms with van der Waals surface area (Å²) in [6.45, 7) is 1.84. The van der Waals surface area contributed by atoms with E-state index in [0.717, 1.165) is 27.1 Å². The van der Waals surface area contributed by atoms with Gasteiger partial charge in [0.25, 0.3) is 5.91 Å². The molecule has 0 aliphatic carbocycles. The predicted octanol–water partition coefficient (Wildman–Crippen LogP) is 5.27. The van der Waals surface area contributed by atoms with Crippen LogP contribution in [0.5, 0.6) is 0 Å². The van der Waals surface area contributed by atoms with Crippen LogP contribution in [0.15, 0.2) is 59.6 Å². The molecule has 10 heteroatoms. The van der Waals surface area contributed by atoms with Crippen molar-refractivity contribution in [3.8, 4) is 0 Å². The van der Waals surface area contributed by atoms with E-state index in [2.05, 4.69) is 4.98 Å². The SMILES string of the molecule is CC1C(=O)N(c2ccc(SC(F)(F)F)cc2)C(=O)N1Cc1ccnc2cc(N(C)C)ccc12. The molecule has 3 aromatic rings. The molecule has 1 aliphatic heterocycles. The topological polar surface area (TPSA) is 56.8 Å². The molecule has 6 nitrogen and oxygen atoms in total. The van der Waals surface area contributed by atoms with Gasteiger partial charge in [-0.05, 0) is 66.7 Å². The summed E-state index contributed by atoms with van der Waals surface area (Å²) in [5.41, 5.74) is -1.56. The molecule has 0 saturated carbocycles. The maximum Gasteiger partial charge on any atom is 0.446 e. The highest BCUT2D eigenvalue weighted by Crippen LogP contribution is 2.38. The van der Waals surface area contributed by atoms with Crippen molar-refractivity contribution in [2.45, 2.75) is 29.9 Å². The van der Waals surface area contributed by atoms with E-state index in [0.29, 0.717) is 0 Å². The number of fused-ring (bicyclic) bond motifs is 1. The average Bonchev–Trinajstić information content (AvgIpc) is 2.96. The molecule has 1 unspecified atom stereocenters. The van der Waals surface area contributed by atoms with Gasteiger partial charge in [0.2, 0.25) is 0 Å². The zero-order chi connectivity index (χ0) is 23.9. The van der Waals surface area contributed by atoms with Crippen molar-refractivity contribution in [3.05, 3.63) is 60.3 Å². The molecular formula is C23H21F3N4O2S. The summed E-state index contributed by atoms with van der Waals surface area (Å²) >= 11 is -0.248. The quantitative estimate of drug-likeness (QED) is 0.373. The van der Waals surface area contributed by atoms with Gasteiger partial charge in [0, 0.05) is 42.8 Å². The van der Waals surface area contributed by atoms with Gasteiger partial charge < -0.3 is 9.80 Å². The summed E-state index contributed by atoms with van der Waals surface area (Å²) in [5, 5.41) is 0.877. The average molecular weight is 475 g/mol. The maximum atomic E-state index is 13.1. The van der Waals surface area contributed by atoms with E-state index < -0.39 is 23.5 Å². The third-order valence-corrected chi connectivity index (χ3v) is 6.22. The lowest BCUT2D eigenvalue weighted by atomic mass is 10.1. The van der Waals surface area contributed by atoms with Crippen molar-refractivity contribution in [2.24, 2.45) is 0 Å². The fourth-order valence-electron chi connectivity index (χ4n) is 3.74. The molecule has 0 N–H and O–H groups in total. The van der Waals surface area contributed by atoms with Gasteiger partial charge in [-0.2, -0.15) is 13.2 Å². The molecule has 2 aromatic carbocycles. The monoisotopic (exact) mass is 474 g/mol. The highest BCUT2D eigenvalue weighted by atomic mass is 32.2. The Morgan fingerprint density at radius 1 is 1.06 bits per heavy atom. The van der Waals surface area contributed by atoms with Crippen molar-refractivity contribution >= 4 is 46.0 Å². The van der Waals surface area contributed by atoms with E-state index >= 15 is 0 Å². The number of hydrogen-bond acceptors (Lipinski definition) is 5. The van der Waals surface area contributed by atoms with E-state index in [9.17, 15) is 22.8 Å². The lowest BCUT2D eigenvalue weighted by Crippen LogP contribution is -2.33. The lowest BCUT2D eigenvalue weighted by Gasteiger charge is -2.21. The molecule has 1 fully saturated rings. The van der Waals surface area contributed by atoms with Crippen LogP contribution in [0.2, 0.25) is 0 Å². The molecule has 0 spiro atoms. The van der Waals surface area contributed by atoms with Gasteiger partial charge in [-0.3, -0.25) is 9.78 Å². The summed E-state index contributed by atoms with van der Waals surface area (Å²) in [6, 6.07) is 11.6. The third kappa shape index (κ3) is 4.61. The Morgan fingerprint density at radius 3 is 2.39 bits per heavy atom. The third-order valence-electron chi connectivity index (χ3n) is 5.48. The first kappa shape index (κ1) is 22.9. The summed E-state index contributed by atoms with van der Waals surface area (Å²) < 4.78 is 37.7. The molecule has 1 atom stereocenters. The molecule has 172 valence electrons. The van der Waals surface area contributed by atoms with Gasteiger partial charge in [-0.15, -0.1) is 0 Å². The molecule has 1 aliphatic rings. The number of aromatic nitrogens is 1. The van der Waals surface area contributed by atoms with Crippen LogP contribution in [0, 0.1) is 0 Å². The first-order valence-corrected chi connectivity index (χ1v) is 10.9. The Balaban J connectivity index is 1.59. The normalized spacial score (nSPS) is 16.7. The van der Waals surface area contributed by atoms with E-state index in [1.165, 1.54) is 29.2 Å². The summed E-state index contributed by atoms with van der Waals surface area (Å²) in [5.74, 6) is -0.426. The van der Waals surface area contributed by atoms with Crippen LogP contribution < -0.4 is 9.80 Å². The minimum atomic E-state index is -4.41. The van der Waals surface area contributed by atoms with E-state index in [1.807, 2.05) is 43.3 Å². The summed E-state index contributed by atoms with van der Waals surface area (Å²) in [7, 11) is 3.87. The first-order chi connectivity index (χ1) is 15.5. The second-order valence-corrected chi connectivity index (χ2v) is 9.01. The zero-order valence-corrected chi connectivity index (χ0v) is 18.9. The van der Waals surface area contributed by atoms with Crippen molar-refractivity contribution in [1.29, 1.82) is 0 Å². The van der Waals surface area contributed by atoms with E-state index in [-0.39, 0.29) is 28.9 Å². The highest BCUT2D eigenvalue weighted by molar-refractivity contribution is 8.00. The smallest absolute Gasteiger partial charge is 0.378 e. The number of amides is 3. The van der Waals surface area contributed by atoms with Crippen molar-refractivity contribution < 1.29 is 22.8 Å². The predicted molar refractivity (Wildman–Crippen MR) is 122 cm³/mol. The largest absolute Gasteiger partial charge is 0.446 e. The number of pyridine rings is 1. The van der Waals surface area contributed by atoms with Crippen molar-refractivity contribution in [2.75, 3.05) is 23.9 Å². The first-order valence-electron chi connectivity index (χ1n) is 10.1. The van der Waals surface area contributed by atoms with Gasteiger partial charge >= 0.3 is 11.5 Å². The Hall–Kier alpha value is -3.27. The van der Waals surface area contributed by atoms with Gasteiger partial charge in [0.05, 0.1) is 11.2 Å². The van der Waals surface area contributed by atoms with Crippen molar-refractivity contribution in [3.63, 3.8) is 0 Å². The molecule has 33 heavy (non-hydrogen) atoms. The number of carbonyl (C=O) groups is 2. The van der Waals surface area contributed by atoms with Crippen LogP contribution in [-0.4, -0.2) is 47.5 Å². The molecule has 1 aromatic heterocycles. The number of halogens is 3. The standard InChI is InChI=1S/C23H21F3N4O2S/c1-14-21(31)30(16-4-7-18(8-5-16)33-23(24,25)26)22(32)29(14)13-15-10-11-27-20-12-17(28(2)3)6-9-19(15)20/h4-12,14H,13H2,1-3H3. The fraction of sp³-hybridized carbons (Fsp3) is 0.261. The Morgan fingerprint density at radius 2 is 1.76 bits per heavy atom. The van der Waals surface area contributed by atoms with Crippen molar-refractivity contribution in [1.82, 2.24) is 9.88 Å². The molecule has 2 heterocycles. The van der Waals surface area contributed by atoms with Crippen LogP contribution in [0.4, 0.5) is 29.3 Å². The Kier molecular flexibility index (Phi) is 5.96. The van der Waals surface area contributed by atoms with Gasteiger partial charge in [0.1, 0.15) is 6.04 Å². The minimum Gasteiger partial charge on any atom is -0.378 e. The number of alkyl halides is 3. The number of anilines is 2.